The number of aromatic nitrogens is 2. The van der Waals surface area contributed by atoms with Crippen molar-refractivity contribution in [3.63, 3.8) is 0 Å². The van der Waals surface area contributed by atoms with Crippen LogP contribution in [-0.2, 0) is 6.42 Å². The summed E-state index contributed by atoms with van der Waals surface area (Å²) >= 11 is 0. The van der Waals surface area contributed by atoms with Gasteiger partial charge < -0.3 is 10.7 Å². The molecule has 4 heteroatoms. The van der Waals surface area contributed by atoms with Crippen molar-refractivity contribution >= 4 is 5.82 Å². The Bertz CT molecular complexity index is 330. The van der Waals surface area contributed by atoms with Crippen LogP contribution in [0.3, 0.4) is 0 Å². The minimum Gasteiger partial charge on any atom is -0.383 e. The first kappa shape index (κ1) is 9.77. The van der Waals surface area contributed by atoms with Gasteiger partial charge in [-0.1, -0.05) is 13.8 Å². The van der Waals surface area contributed by atoms with E-state index in [2.05, 4.69) is 23.8 Å². The number of rotatable bonds is 3. The molecule has 1 aromatic heterocycles. The monoisotopic (exact) mass is 181 g/mol. The largest absolute Gasteiger partial charge is 0.383 e. The molecular weight excluding hydrogens is 166 g/mol. The van der Waals surface area contributed by atoms with Crippen molar-refractivity contribution in [3.05, 3.63) is 22.2 Å². The third-order valence-electron chi connectivity index (χ3n) is 1.77. The second kappa shape index (κ2) is 4.07. The van der Waals surface area contributed by atoms with E-state index in [1.807, 2.05) is 0 Å². The van der Waals surface area contributed by atoms with E-state index >= 15 is 0 Å². The van der Waals surface area contributed by atoms with Crippen LogP contribution >= 0.6 is 0 Å². The molecule has 0 saturated heterocycles. The molecule has 0 amide bonds. The van der Waals surface area contributed by atoms with Crippen LogP contribution in [0.1, 0.15) is 26.1 Å². The zero-order valence-corrected chi connectivity index (χ0v) is 8.00. The van der Waals surface area contributed by atoms with Gasteiger partial charge in [-0.2, -0.15) is 0 Å². The summed E-state index contributed by atoms with van der Waals surface area (Å²) in [5.74, 6) is 1.58. The number of nitrogens with two attached hydrogens (primary N) is 1. The number of hydrogen-bond donors (Lipinski definition) is 2. The molecule has 1 rings (SSSR count). The summed E-state index contributed by atoms with van der Waals surface area (Å²) in [6.07, 6.45) is 1.78. The van der Waals surface area contributed by atoms with Gasteiger partial charge in [-0.05, 0) is 12.3 Å². The maximum absolute atomic E-state index is 11.0. The Hall–Kier alpha value is -1.32. The predicted octanol–water partition coefficient (Wildman–Crippen LogP) is 0.941. The molecule has 4 nitrogen and oxygen atoms in total. The van der Waals surface area contributed by atoms with Gasteiger partial charge in [0, 0.05) is 12.5 Å². The van der Waals surface area contributed by atoms with Gasteiger partial charge in [-0.25, -0.2) is 4.98 Å². The number of anilines is 1. The lowest BCUT2D eigenvalue weighted by Gasteiger charge is -2.03. The van der Waals surface area contributed by atoms with Gasteiger partial charge in [0.25, 0.3) is 5.56 Å². The molecule has 0 aliphatic carbocycles. The summed E-state index contributed by atoms with van der Waals surface area (Å²) in [5, 5.41) is 0. The highest BCUT2D eigenvalue weighted by molar-refractivity contribution is 5.25. The van der Waals surface area contributed by atoms with E-state index in [0.717, 1.165) is 12.8 Å². The second-order valence-corrected chi connectivity index (χ2v) is 3.55. The fourth-order valence-corrected chi connectivity index (χ4v) is 1.07. The van der Waals surface area contributed by atoms with Crippen LogP contribution in [-0.4, -0.2) is 9.97 Å². The molecule has 72 valence electrons. The highest BCUT2D eigenvalue weighted by atomic mass is 16.1. The van der Waals surface area contributed by atoms with Gasteiger partial charge >= 0.3 is 0 Å². The van der Waals surface area contributed by atoms with Crippen molar-refractivity contribution in [2.45, 2.75) is 26.7 Å². The minimum atomic E-state index is -0.175. The molecule has 0 unspecified atom stereocenters. The summed E-state index contributed by atoms with van der Waals surface area (Å²) in [6, 6.07) is 1.29. The highest BCUT2D eigenvalue weighted by Crippen LogP contribution is 2.04. The topological polar surface area (TPSA) is 71.8 Å². The van der Waals surface area contributed by atoms with Crippen molar-refractivity contribution in [1.82, 2.24) is 9.97 Å². The quantitative estimate of drug-likeness (QED) is 0.729. The number of nitrogens with zero attached hydrogens (tertiary/aromatic N) is 1. The Balaban J connectivity index is 2.72. The summed E-state index contributed by atoms with van der Waals surface area (Å²) in [7, 11) is 0. The standard InChI is InChI=1S/C9H15N3O/c1-6(2)3-4-8-11-7(10)5-9(13)12-8/h5-6H,3-4H2,1-2H3,(H3,10,11,12,13). The van der Waals surface area contributed by atoms with E-state index < -0.39 is 0 Å². The zero-order valence-electron chi connectivity index (χ0n) is 8.00. The number of H-pyrrole nitrogens is 1. The minimum absolute atomic E-state index is 0.175. The van der Waals surface area contributed by atoms with Crippen molar-refractivity contribution in [2.75, 3.05) is 5.73 Å². The molecule has 1 aromatic rings. The Labute approximate surface area is 77.2 Å². The molecular formula is C9H15N3O. The predicted molar refractivity (Wildman–Crippen MR) is 52.4 cm³/mol. The Kier molecular flexibility index (Phi) is 3.06. The van der Waals surface area contributed by atoms with Crippen molar-refractivity contribution in [3.8, 4) is 0 Å². The molecule has 0 saturated carbocycles. The Morgan fingerprint density at radius 2 is 2.31 bits per heavy atom. The zero-order chi connectivity index (χ0) is 9.84. The van der Waals surface area contributed by atoms with Crippen LogP contribution < -0.4 is 11.3 Å². The van der Waals surface area contributed by atoms with Gasteiger partial charge in [0.2, 0.25) is 0 Å². The third-order valence-corrected chi connectivity index (χ3v) is 1.77. The molecule has 13 heavy (non-hydrogen) atoms. The first-order chi connectivity index (χ1) is 6.08. The average Bonchev–Trinajstić information content (AvgIpc) is 1.99. The first-order valence-electron chi connectivity index (χ1n) is 4.43. The van der Waals surface area contributed by atoms with Gasteiger partial charge in [-0.15, -0.1) is 0 Å². The van der Waals surface area contributed by atoms with E-state index in [4.69, 9.17) is 5.73 Å². The molecule has 0 spiro atoms. The van der Waals surface area contributed by atoms with E-state index in [9.17, 15) is 4.79 Å². The van der Waals surface area contributed by atoms with Crippen LogP contribution in [0.2, 0.25) is 0 Å². The third kappa shape index (κ3) is 3.27. The second-order valence-electron chi connectivity index (χ2n) is 3.55. The van der Waals surface area contributed by atoms with Crippen LogP contribution in [0.25, 0.3) is 0 Å². The highest BCUT2D eigenvalue weighted by Gasteiger charge is 2.00. The van der Waals surface area contributed by atoms with Gasteiger partial charge in [0.05, 0.1) is 0 Å². The summed E-state index contributed by atoms with van der Waals surface area (Å²) in [6.45, 7) is 4.26. The summed E-state index contributed by atoms with van der Waals surface area (Å²) < 4.78 is 0. The molecule has 0 bridgehead atoms. The maximum Gasteiger partial charge on any atom is 0.252 e. The van der Waals surface area contributed by atoms with Crippen LogP contribution in [0.15, 0.2) is 10.9 Å². The smallest absolute Gasteiger partial charge is 0.252 e. The molecule has 3 N–H and O–H groups in total. The van der Waals surface area contributed by atoms with Crippen molar-refractivity contribution in [1.29, 1.82) is 0 Å². The van der Waals surface area contributed by atoms with E-state index in [-0.39, 0.29) is 5.56 Å². The van der Waals surface area contributed by atoms with Crippen molar-refractivity contribution < 1.29 is 0 Å². The van der Waals surface area contributed by atoms with Gasteiger partial charge in [0.1, 0.15) is 11.6 Å². The molecule has 1 heterocycles. The van der Waals surface area contributed by atoms with Crippen LogP contribution in [0.4, 0.5) is 5.82 Å². The lowest BCUT2D eigenvalue weighted by molar-refractivity contribution is 0.574. The molecule has 0 aliphatic rings. The molecule has 0 radical (unpaired) electrons. The van der Waals surface area contributed by atoms with Crippen molar-refractivity contribution in [2.24, 2.45) is 5.92 Å². The maximum atomic E-state index is 11.0. The normalized spacial score (nSPS) is 10.7. The lowest BCUT2D eigenvalue weighted by atomic mass is 10.1. The molecule has 0 aromatic carbocycles. The first-order valence-corrected chi connectivity index (χ1v) is 4.43. The Morgan fingerprint density at radius 3 is 2.85 bits per heavy atom. The fourth-order valence-electron chi connectivity index (χ4n) is 1.07. The average molecular weight is 181 g/mol. The molecule has 0 aliphatic heterocycles. The Morgan fingerprint density at radius 1 is 1.62 bits per heavy atom. The van der Waals surface area contributed by atoms with Gasteiger partial charge in [0.15, 0.2) is 0 Å². The van der Waals surface area contributed by atoms with E-state index in [1.54, 1.807) is 0 Å². The number of nitrogens with one attached hydrogen (secondary N) is 1. The summed E-state index contributed by atoms with van der Waals surface area (Å²) in [5.41, 5.74) is 5.26. The fraction of sp³-hybridized carbons (Fsp3) is 0.556. The number of aryl methyl sites for hydroxylation is 1. The molecule has 0 atom stereocenters. The lowest BCUT2D eigenvalue weighted by Crippen LogP contribution is -2.12. The summed E-state index contributed by atoms with van der Waals surface area (Å²) in [4.78, 5) is 17.7. The SMILES string of the molecule is CC(C)CCc1nc(N)cc(=O)[nH]1. The van der Waals surface area contributed by atoms with Gasteiger partial charge in [-0.3, -0.25) is 4.79 Å². The molecule has 0 fully saturated rings. The van der Waals surface area contributed by atoms with E-state index in [0.29, 0.717) is 17.6 Å². The van der Waals surface area contributed by atoms with Crippen LogP contribution in [0.5, 0.6) is 0 Å². The van der Waals surface area contributed by atoms with E-state index in [1.165, 1.54) is 6.07 Å². The van der Waals surface area contributed by atoms with Crippen LogP contribution in [0, 0.1) is 5.92 Å². The number of nitrogen functional groups attached to an aromatic ring is 1. The number of hydrogen-bond acceptors (Lipinski definition) is 3. The number of aromatic amines is 1.